The Morgan fingerprint density at radius 2 is 1.95 bits per heavy atom. The minimum absolute atomic E-state index is 0.348. The lowest BCUT2D eigenvalue weighted by atomic mass is 9.82. The summed E-state index contributed by atoms with van der Waals surface area (Å²) in [6.07, 6.45) is -0.466. The number of carbonyl (C=O) groups is 1. The van der Waals surface area contributed by atoms with Gasteiger partial charge in [0.25, 0.3) is 0 Å². The molecular weight excluding hydrogens is 304 g/mol. The van der Waals surface area contributed by atoms with Crippen LogP contribution in [0.5, 0.6) is 5.75 Å². The lowest BCUT2D eigenvalue weighted by Gasteiger charge is -2.30. The van der Waals surface area contributed by atoms with Crippen LogP contribution in [-0.4, -0.2) is 31.9 Å². The molecule has 3 N–H and O–H groups in total. The molecule has 1 aromatic carbocycles. The maximum atomic E-state index is 11.8. The molecule has 1 amide bonds. The molecule has 0 heterocycles. The van der Waals surface area contributed by atoms with Crippen LogP contribution < -0.4 is 15.8 Å². The van der Waals surface area contributed by atoms with Crippen LogP contribution >= 0.6 is 11.6 Å². The molecule has 0 radical (unpaired) electrons. The fourth-order valence-electron chi connectivity index (χ4n) is 1.92. The Bertz CT molecular complexity index is 529. The number of carbonyl (C=O) groups excluding carboxylic acids is 1. The van der Waals surface area contributed by atoms with Gasteiger partial charge in [-0.05, 0) is 38.5 Å². The van der Waals surface area contributed by atoms with Crippen LogP contribution in [0.1, 0.15) is 33.3 Å². The van der Waals surface area contributed by atoms with Crippen molar-refractivity contribution in [1.82, 2.24) is 5.32 Å². The summed E-state index contributed by atoms with van der Waals surface area (Å²) in [6, 6.07) is 5.50. The number of hydrogen-bond acceptors (Lipinski definition) is 4. The van der Waals surface area contributed by atoms with E-state index < -0.39 is 17.1 Å². The van der Waals surface area contributed by atoms with E-state index in [0.29, 0.717) is 23.9 Å². The van der Waals surface area contributed by atoms with E-state index in [9.17, 15) is 4.79 Å². The van der Waals surface area contributed by atoms with Gasteiger partial charge in [0.1, 0.15) is 11.4 Å². The molecule has 1 rings (SSSR count). The van der Waals surface area contributed by atoms with E-state index in [1.807, 2.05) is 39.8 Å². The van der Waals surface area contributed by atoms with Crippen molar-refractivity contribution in [3.63, 3.8) is 0 Å². The van der Waals surface area contributed by atoms with E-state index in [2.05, 4.69) is 5.32 Å². The highest BCUT2D eigenvalue weighted by molar-refractivity contribution is 6.32. The summed E-state index contributed by atoms with van der Waals surface area (Å²) in [5, 5.41) is 3.27. The van der Waals surface area contributed by atoms with Crippen molar-refractivity contribution >= 4 is 17.7 Å². The Balaban J connectivity index is 2.84. The third-order valence-electron chi connectivity index (χ3n) is 3.32. The summed E-state index contributed by atoms with van der Waals surface area (Å²) >= 11 is 6.16. The average Bonchev–Trinajstić information content (AvgIpc) is 2.43. The number of hydrogen-bond donors (Lipinski definition) is 2. The highest BCUT2D eigenvalue weighted by atomic mass is 35.5. The summed E-state index contributed by atoms with van der Waals surface area (Å²) in [4.78, 5) is 11.8. The maximum Gasteiger partial charge on any atom is 0.407 e. The Hall–Kier alpha value is -1.46. The number of halogens is 1. The van der Waals surface area contributed by atoms with Gasteiger partial charge in [-0.1, -0.05) is 24.6 Å². The molecule has 1 aromatic rings. The molecule has 124 valence electrons. The minimum atomic E-state index is -0.535. The van der Waals surface area contributed by atoms with E-state index in [4.69, 9.17) is 26.8 Å². The quantitative estimate of drug-likeness (QED) is 0.871. The van der Waals surface area contributed by atoms with Gasteiger partial charge in [0.05, 0.1) is 12.1 Å². The van der Waals surface area contributed by atoms with Gasteiger partial charge in [0, 0.05) is 18.5 Å². The normalized spacial score (nSPS) is 14.1. The number of rotatable bonds is 5. The number of methoxy groups -OCH3 is 1. The molecule has 0 fully saturated rings. The first-order valence-electron chi connectivity index (χ1n) is 7.12. The Morgan fingerprint density at radius 3 is 2.41 bits per heavy atom. The second-order valence-corrected chi connectivity index (χ2v) is 6.88. The van der Waals surface area contributed by atoms with Gasteiger partial charge >= 0.3 is 6.09 Å². The molecule has 0 aliphatic heterocycles. The lowest BCUT2D eigenvalue weighted by Crippen LogP contribution is -2.45. The number of nitrogens with one attached hydrogen (secondary N) is 1. The van der Waals surface area contributed by atoms with E-state index in [-0.39, 0.29) is 0 Å². The zero-order chi connectivity index (χ0) is 17.0. The van der Waals surface area contributed by atoms with Gasteiger partial charge in [0.2, 0.25) is 0 Å². The zero-order valence-electron chi connectivity index (χ0n) is 13.8. The van der Waals surface area contributed by atoms with Crippen LogP contribution in [0.15, 0.2) is 18.2 Å². The fourth-order valence-corrected chi connectivity index (χ4v) is 2.17. The van der Waals surface area contributed by atoms with E-state index in [1.54, 1.807) is 13.2 Å². The van der Waals surface area contributed by atoms with Crippen molar-refractivity contribution in [2.45, 2.75) is 38.7 Å². The zero-order valence-corrected chi connectivity index (χ0v) is 14.6. The molecular formula is C16H25ClN2O3. The summed E-state index contributed by atoms with van der Waals surface area (Å²) in [7, 11) is 1.56. The lowest BCUT2D eigenvalue weighted by molar-refractivity contribution is 0.0516. The third-order valence-corrected chi connectivity index (χ3v) is 3.62. The fraction of sp³-hybridized carbons (Fsp3) is 0.562. The highest BCUT2D eigenvalue weighted by Crippen LogP contribution is 2.30. The van der Waals surface area contributed by atoms with E-state index in [0.717, 1.165) is 5.56 Å². The van der Waals surface area contributed by atoms with Crippen molar-refractivity contribution in [2.75, 3.05) is 20.2 Å². The number of alkyl carbamates (subject to hydrolysis) is 1. The first-order chi connectivity index (χ1) is 10.1. The van der Waals surface area contributed by atoms with Crippen LogP contribution in [0, 0.1) is 0 Å². The van der Waals surface area contributed by atoms with Crippen LogP contribution in [0.2, 0.25) is 5.02 Å². The van der Waals surface area contributed by atoms with Crippen molar-refractivity contribution in [3.05, 3.63) is 28.8 Å². The summed E-state index contributed by atoms with van der Waals surface area (Å²) in [5.74, 6) is 0.602. The summed E-state index contributed by atoms with van der Waals surface area (Å²) < 4.78 is 10.4. The summed E-state index contributed by atoms with van der Waals surface area (Å²) in [5.41, 5.74) is 5.85. The number of ether oxygens (including phenoxy) is 2. The van der Waals surface area contributed by atoms with Crippen molar-refractivity contribution in [2.24, 2.45) is 5.73 Å². The van der Waals surface area contributed by atoms with Crippen LogP contribution in [0.4, 0.5) is 4.79 Å². The average molecular weight is 329 g/mol. The van der Waals surface area contributed by atoms with Gasteiger partial charge < -0.3 is 20.5 Å². The van der Waals surface area contributed by atoms with Gasteiger partial charge in [-0.15, -0.1) is 0 Å². The van der Waals surface area contributed by atoms with Gasteiger partial charge in [-0.3, -0.25) is 0 Å². The van der Waals surface area contributed by atoms with Crippen LogP contribution in [0.3, 0.4) is 0 Å². The topological polar surface area (TPSA) is 73.6 Å². The maximum absolute atomic E-state index is 11.8. The van der Waals surface area contributed by atoms with E-state index in [1.165, 1.54) is 0 Å². The standard InChI is InChI=1S/C16H25ClN2O3/c1-15(2,3)22-14(20)19-10-16(4,9-18)11-6-7-13(21-5)12(17)8-11/h6-8H,9-10,18H2,1-5H3,(H,19,20). The van der Waals surface area contributed by atoms with Crippen molar-refractivity contribution < 1.29 is 14.3 Å². The molecule has 0 aliphatic rings. The first kappa shape index (κ1) is 18.6. The molecule has 0 spiro atoms. The Morgan fingerprint density at radius 1 is 1.32 bits per heavy atom. The monoisotopic (exact) mass is 328 g/mol. The molecule has 6 heteroatoms. The molecule has 0 saturated carbocycles. The van der Waals surface area contributed by atoms with Crippen molar-refractivity contribution in [3.8, 4) is 5.75 Å². The van der Waals surface area contributed by atoms with E-state index >= 15 is 0 Å². The molecule has 0 bridgehead atoms. The number of benzene rings is 1. The molecule has 1 atom stereocenters. The second-order valence-electron chi connectivity index (χ2n) is 6.47. The third kappa shape index (κ3) is 5.07. The first-order valence-corrected chi connectivity index (χ1v) is 7.50. The molecule has 0 aromatic heterocycles. The van der Waals surface area contributed by atoms with Crippen molar-refractivity contribution in [1.29, 1.82) is 0 Å². The molecule has 0 aliphatic carbocycles. The number of nitrogens with two attached hydrogens (primary N) is 1. The SMILES string of the molecule is COc1ccc(C(C)(CN)CNC(=O)OC(C)(C)C)cc1Cl. The molecule has 22 heavy (non-hydrogen) atoms. The molecule has 1 unspecified atom stereocenters. The molecule has 5 nitrogen and oxygen atoms in total. The molecule has 0 saturated heterocycles. The predicted molar refractivity (Wildman–Crippen MR) is 88.6 cm³/mol. The smallest absolute Gasteiger partial charge is 0.407 e. The predicted octanol–water partition coefficient (Wildman–Crippen LogP) is 3.09. The van der Waals surface area contributed by atoms with Crippen LogP contribution in [0.25, 0.3) is 0 Å². The minimum Gasteiger partial charge on any atom is -0.495 e. The highest BCUT2D eigenvalue weighted by Gasteiger charge is 2.27. The summed E-state index contributed by atoms with van der Waals surface area (Å²) in [6.45, 7) is 8.11. The Kier molecular flexibility index (Phi) is 6.08. The van der Waals surface area contributed by atoms with Gasteiger partial charge in [-0.2, -0.15) is 0 Å². The largest absolute Gasteiger partial charge is 0.495 e. The van der Waals surface area contributed by atoms with Gasteiger partial charge in [-0.25, -0.2) is 4.79 Å². The second kappa shape index (κ2) is 7.20. The van der Waals surface area contributed by atoms with Crippen LogP contribution in [-0.2, 0) is 10.2 Å². The van der Waals surface area contributed by atoms with Gasteiger partial charge in [0.15, 0.2) is 0 Å². The number of amides is 1. The Labute approximate surface area is 137 Å².